The second-order valence-electron chi connectivity index (χ2n) is 5.08. The quantitative estimate of drug-likeness (QED) is 0.819. The van der Waals surface area contributed by atoms with E-state index in [1.807, 2.05) is 24.3 Å². The summed E-state index contributed by atoms with van der Waals surface area (Å²) in [6.45, 7) is 1.90. The molecule has 0 saturated heterocycles. The largest absolute Gasteiger partial charge is 0.481 e. The third-order valence-corrected chi connectivity index (χ3v) is 3.66. The highest BCUT2D eigenvalue weighted by Crippen LogP contribution is 2.47. The van der Waals surface area contributed by atoms with Gasteiger partial charge in [-0.3, -0.25) is 4.79 Å². The number of aliphatic carboxylic acids is 1. The van der Waals surface area contributed by atoms with E-state index < -0.39 is 5.97 Å². The predicted octanol–water partition coefficient (Wildman–Crippen LogP) is 1.97. The molecule has 0 aliphatic heterocycles. The van der Waals surface area contributed by atoms with Gasteiger partial charge in [0.05, 0.1) is 12.5 Å². The first-order chi connectivity index (χ1) is 8.07. The fourth-order valence-electron chi connectivity index (χ4n) is 2.16. The van der Waals surface area contributed by atoms with Gasteiger partial charge in [-0.05, 0) is 30.4 Å². The van der Waals surface area contributed by atoms with Crippen LogP contribution in [0.4, 0.5) is 0 Å². The van der Waals surface area contributed by atoms with Crippen molar-refractivity contribution in [3.05, 3.63) is 35.4 Å². The summed E-state index contributed by atoms with van der Waals surface area (Å²) < 4.78 is 0. The Kier molecular flexibility index (Phi) is 3.20. The van der Waals surface area contributed by atoms with E-state index in [1.54, 1.807) is 6.92 Å². The molecule has 0 amide bonds. The minimum absolute atomic E-state index is 0.0392. The van der Waals surface area contributed by atoms with Gasteiger partial charge in [0.1, 0.15) is 0 Å². The van der Waals surface area contributed by atoms with Gasteiger partial charge in [0, 0.05) is 5.41 Å². The Hall–Kier alpha value is -1.35. The van der Waals surface area contributed by atoms with Crippen molar-refractivity contribution in [1.29, 1.82) is 0 Å². The molecule has 0 spiro atoms. The summed E-state index contributed by atoms with van der Waals surface area (Å²) in [6, 6.07) is 7.98. The maximum absolute atomic E-state index is 10.8. The highest BCUT2D eigenvalue weighted by Gasteiger charge is 2.43. The van der Waals surface area contributed by atoms with E-state index in [-0.39, 0.29) is 17.9 Å². The Bertz CT molecular complexity index is 421. The second kappa shape index (κ2) is 4.49. The molecule has 1 fully saturated rings. The highest BCUT2D eigenvalue weighted by molar-refractivity contribution is 5.69. The molecular formula is C14H18O3. The summed E-state index contributed by atoms with van der Waals surface area (Å²) >= 11 is 0. The normalized spacial score (nSPS) is 18.7. The van der Waals surface area contributed by atoms with Crippen LogP contribution >= 0.6 is 0 Å². The van der Waals surface area contributed by atoms with E-state index in [0.717, 1.165) is 24.0 Å². The molecule has 3 heteroatoms. The van der Waals surface area contributed by atoms with Crippen molar-refractivity contribution in [3.63, 3.8) is 0 Å². The number of carboxylic acid groups (broad SMARTS) is 1. The molecule has 0 radical (unpaired) electrons. The van der Waals surface area contributed by atoms with Crippen molar-refractivity contribution in [3.8, 4) is 0 Å². The number of aliphatic hydroxyl groups is 1. The number of aliphatic hydroxyl groups excluding tert-OH is 1. The minimum atomic E-state index is -0.765. The molecule has 1 aromatic rings. The molecule has 0 heterocycles. The summed E-state index contributed by atoms with van der Waals surface area (Å²) in [7, 11) is 0. The molecule has 3 nitrogen and oxygen atoms in total. The first-order valence-electron chi connectivity index (χ1n) is 6.00. The van der Waals surface area contributed by atoms with Crippen LogP contribution < -0.4 is 0 Å². The van der Waals surface area contributed by atoms with E-state index in [0.29, 0.717) is 6.42 Å². The topological polar surface area (TPSA) is 57.5 Å². The summed E-state index contributed by atoms with van der Waals surface area (Å²) in [5.41, 5.74) is 2.15. The van der Waals surface area contributed by atoms with E-state index in [2.05, 4.69) is 0 Å². The standard InChI is InChI=1S/C14H18O3/c1-10(13(16)17)7-11-3-2-4-12(8-11)14(9-15)5-6-14/h2-4,8,10,15H,5-7,9H2,1H3,(H,16,17). The lowest BCUT2D eigenvalue weighted by atomic mass is 9.92. The van der Waals surface area contributed by atoms with Crippen molar-refractivity contribution in [2.45, 2.75) is 31.6 Å². The zero-order chi connectivity index (χ0) is 12.5. The van der Waals surface area contributed by atoms with Gasteiger partial charge < -0.3 is 10.2 Å². The predicted molar refractivity (Wildman–Crippen MR) is 64.9 cm³/mol. The second-order valence-corrected chi connectivity index (χ2v) is 5.08. The van der Waals surface area contributed by atoms with E-state index in [4.69, 9.17) is 5.11 Å². The van der Waals surface area contributed by atoms with Crippen LogP contribution in [0.25, 0.3) is 0 Å². The molecule has 2 rings (SSSR count). The third kappa shape index (κ3) is 2.50. The van der Waals surface area contributed by atoms with Crippen molar-refractivity contribution >= 4 is 5.97 Å². The van der Waals surface area contributed by atoms with Gasteiger partial charge in [0.15, 0.2) is 0 Å². The smallest absolute Gasteiger partial charge is 0.306 e. The SMILES string of the molecule is CC(Cc1cccc(C2(CO)CC2)c1)C(=O)O. The summed E-state index contributed by atoms with van der Waals surface area (Å²) in [5.74, 6) is -1.13. The van der Waals surface area contributed by atoms with E-state index in [1.165, 1.54) is 0 Å². The van der Waals surface area contributed by atoms with Crippen molar-refractivity contribution in [2.75, 3.05) is 6.61 Å². The van der Waals surface area contributed by atoms with Crippen LogP contribution in [0.5, 0.6) is 0 Å². The lowest BCUT2D eigenvalue weighted by Crippen LogP contribution is -2.14. The van der Waals surface area contributed by atoms with Gasteiger partial charge in [0.2, 0.25) is 0 Å². The van der Waals surface area contributed by atoms with Gasteiger partial charge in [0.25, 0.3) is 0 Å². The average molecular weight is 234 g/mol. The number of rotatable bonds is 5. The number of carbonyl (C=O) groups is 1. The van der Waals surface area contributed by atoms with Gasteiger partial charge in [-0.1, -0.05) is 31.2 Å². The Balaban J connectivity index is 2.15. The van der Waals surface area contributed by atoms with Gasteiger partial charge >= 0.3 is 5.97 Å². The van der Waals surface area contributed by atoms with Crippen LogP contribution in [0.15, 0.2) is 24.3 Å². The van der Waals surface area contributed by atoms with Crippen molar-refractivity contribution in [2.24, 2.45) is 5.92 Å². The molecule has 1 saturated carbocycles. The molecule has 1 aliphatic rings. The highest BCUT2D eigenvalue weighted by atomic mass is 16.4. The lowest BCUT2D eigenvalue weighted by molar-refractivity contribution is -0.141. The summed E-state index contributed by atoms with van der Waals surface area (Å²) in [6.07, 6.45) is 2.60. The number of hydrogen-bond acceptors (Lipinski definition) is 2. The molecule has 1 aromatic carbocycles. The van der Waals surface area contributed by atoms with Gasteiger partial charge in [-0.15, -0.1) is 0 Å². The molecule has 2 N–H and O–H groups in total. The van der Waals surface area contributed by atoms with Crippen LogP contribution in [0, 0.1) is 5.92 Å². The Labute approximate surface area is 101 Å². The molecule has 92 valence electrons. The maximum Gasteiger partial charge on any atom is 0.306 e. The van der Waals surface area contributed by atoms with Crippen LogP contribution in [-0.2, 0) is 16.6 Å². The lowest BCUT2D eigenvalue weighted by Gasteiger charge is -2.14. The van der Waals surface area contributed by atoms with Crippen molar-refractivity contribution in [1.82, 2.24) is 0 Å². The van der Waals surface area contributed by atoms with Crippen LogP contribution in [0.2, 0.25) is 0 Å². The fraction of sp³-hybridized carbons (Fsp3) is 0.500. The first-order valence-corrected chi connectivity index (χ1v) is 6.00. The molecule has 1 unspecified atom stereocenters. The zero-order valence-electron chi connectivity index (χ0n) is 10.0. The van der Waals surface area contributed by atoms with E-state index >= 15 is 0 Å². The number of hydrogen-bond donors (Lipinski definition) is 2. The Morgan fingerprint density at radius 3 is 2.71 bits per heavy atom. The fourth-order valence-corrected chi connectivity index (χ4v) is 2.16. The molecule has 0 aromatic heterocycles. The molecule has 1 atom stereocenters. The average Bonchev–Trinajstić information content (AvgIpc) is 3.10. The van der Waals surface area contributed by atoms with Crippen LogP contribution in [-0.4, -0.2) is 22.8 Å². The Morgan fingerprint density at radius 1 is 1.47 bits per heavy atom. The maximum atomic E-state index is 10.8. The summed E-state index contributed by atoms with van der Waals surface area (Å²) in [5, 5.41) is 18.3. The zero-order valence-corrected chi connectivity index (χ0v) is 10.0. The third-order valence-electron chi connectivity index (χ3n) is 3.66. The van der Waals surface area contributed by atoms with Crippen LogP contribution in [0.1, 0.15) is 30.9 Å². The molecular weight excluding hydrogens is 216 g/mol. The number of carboxylic acids is 1. The molecule has 0 bridgehead atoms. The number of benzene rings is 1. The Morgan fingerprint density at radius 2 is 2.18 bits per heavy atom. The molecule has 17 heavy (non-hydrogen) atoms. The first kappa shape index (κ1) is 12.1. The summed E-state index contributed by atoms with van der Waals surface area (Å²) in [4.78, 5) is 10.8. The van der Waals surface area contributed by atoms with Gasteiger partial charge in [-0.25, -0.2) is 0 Å². The van der Waals surface area contributed by atoms with E-state index in [9.17, 15) is 9.90 Å². The minimum Gasteiger partial charge on any atom is -0.481 e. The van der Waals surface area contributed by atoms with Crippen molar-refractivity contribution < 1.29 is 15.0 Å². The monoisotopic (exact) mass is 234 g/mol. The van der Waals surface area contributed by atoms with Gasteiger partial charge in [-0.2, -0.15) is 0 Å². The molecule has 1 aliphatic carbocycles. The van der Waals surface area contributed by atoms with Crippen LogP contribution in [0.3, 0.4) is 0 Å².